The number of anilines is 3. The van der Waals surface area contributed by atoms with Gasteiger partial charge in [0.1, 0.15) is 0 Å². The van der Waals surface area contributed by atoms with E-state index >= 15 is 0 Å². The minimum atomic E-state index is 0.0254. The van der Waals surface area contributed by atoms with Crippen LogP contribution in [0, 0.1) is 12.3 Å². The van der Waals surface area contributed by atoms with Crippen molar-refractivity contribution in [2.75, 3.05) is 4.90 Å². The first kappa shape index (κ1) is 41.0. The largest absolute Gasteiger partial charge is 0.310 e. The van der Waals surface area contributed by atoms with Gasteiger partial charge in [0.15, 0.2) is 0 Å². The molecule has 0 bridgehead atoms. The van der Waals surface area contributed by atoms with Crippen molar-refractivity contribution in [3.05, 3.63) is 130 Å². The summed E-state index contributed by atoms with van der Waals surface area (Å²) in [4.78, 5) is 2.70. The zero-order valence-corrected chi connectivity index (χ0v) is 40.4. The lowest BCUT2D eigenvalue weighted by Gasteiger charge is -2.46. The molecule has 0 amide bonds. The number of fused-ring (bicyclic) bond motifs is 8. The van der Waals surface area contributed by atoms with Crippen LogP contribution < -0.4 is 20.6 Å². The van der Waals surface area contributed by atoms with Gasteiger partial charge in [-0.2, -0.15) is 0 Å². The lowest BCUT2D eigenvalue weighted by Crippen LogP contribution is -2.58. The minimum Gasteiger partial charge on any atom is -0.310 e. The second-order valence-electron chi connectivity index (χ2n) is 23.8. The molecule has 1 saturated carbocycles. The molecule has 3 aliphatic carbocycles. The molecule has 2 unspecified atom stereocenters. The van der Waals surface area contributed by atoms with Crippen LogP contribution >= 0.6 is 11.3 Å². The third kappa shape index (κ3) is 6.20. The summed E-state index contributed by atoms with van der Waals surface area (Å²) in [6.45, 7) is 32.1. The fourth-order valence-corrected chi connectivity index (χ4v) is 13.8. The van der Waals surface area contributed by atoms with Crippen molar-refractivity contribution in [1.82, 2.24) is 0 Å². The lowest BCUT2D eigenvalue weighted by atomic mass is 9.36. The minimum absolute atomic E-state index is 0.0254. The summed E-state index contributed by atoms with van der Waals surface area (Å²) in [5.74, 6) is 0. The topological polar surface area (TPSA) is 3.24 Å². The summed E-state index contributed by atoms with van der Waals surface area (Å²) in [5, 5.41) is 1.42. The molecule has 1 aliphatic heterocycles. The third-order valence-corrected chi connectivity index (χ3v) is 18.0. The molecule has 4 aliphatic rings. The molecule has 3 heteroatoms. The molecule has 6 aromatic rings. The number of aryl methyl sites for hydroxylation is 1. The smallest absolute Gasteiger partial charge is 0.260 e. The molecule has 5 aromatic carbocycles. The standard InChI is InChI=1S/C58H68BNS/c1-36-29-38(37-19-15-14-16-20-37)30-48-50(36)59(47-32-40(54(5,6)7)31-44-43(47)35-57(12)25-17-18-26-58(44,57)13)52-51(60(48)41-23-21-39(22-24-41)53(2,3)4)42-33-45-46(34-49(42)61-52)56(10,11)28-27-55(45,8)9/h14-16,19-24,29-34H,17-18,25-28,35H2,1-13H3. The second-order valence-corrected chi connectivity index (χ2v) is 24.8. The fraction of sp³-hybridized carbons (Fsp3) is 0.448. The number of hydrogen-bond donors (Lipinski definition) is 0. The van der Waals surface area contributed by atoms with Gasteiger partial charge < -0.3 is 4.90 Å². The molecule has 0 spiro atoms. The average Bonchev–Trinajstić information content (AvgIpc) is 3.69. The zero-order chi connectivity index (χ0) is 43.2. The van der Waals surface area contributed by atoms with Crippen LogP contribution in [0.3, 0.4) is 0 Å². The number of rotatable bonds is 3. The summed E-state index contributed by atoms with van der Waals surface area (Å²) in [6, 6.07) is 36.4. The molecule has 314 valence electrons. The van der Waals surface area contributed by atoms with Crippen molar-refractivity contribution in [2.45, 2.75) is 162 Å². The summed E-state index contributed by atoms with van der Waals surface area (Å²) in [7, 11) is 0. The van der Waals surface area contributed by atoms with Crippen LogP contribution in [-0.4, -0.2) is 6.71 Å². The molecule has 0 saturated heterocycles. The predicted octanol–water partition coefficient (Wildman–Crippen LogP) is 14.5. The average molecular weight is 822 g/mol. The molecule has 0 radical (unpaired) electrons. The number of hydrogen-bond acceptors (Lipinski definition) is 2. The van der Waals surface area contributed by atoms with Gasteiger partial charge in [-0.25, -0.2) is 0 Å². The van der Waals surface area contributed by atoms with Crippen LogP contribution in [0.2, 0.25) is 0 Å². The Morgan fingerprint density at radius 3 is 1.92 bits per heavy atom. The summed E-state index contributed by atoms with van der Waals surface area (Å²) < 4.78 is 2.94. The van der Waals surface area contributed by atoms with E-state index in [0.29, 0.717) is 0 Å². The van der Waals surface area contributed by atoms with E-state index in [1.165, 1.54) is 116 Å². The van der Waals surface area contributed by atoms with Crippen molar-refractivity contribution >= 4 is 60.9 Å². The molecule has 2 heterocycles. The first-order valence-corrected chi connectivity index (χ1v) is 24.3. The van der Waals surface area contributed by atoms with Gasteiger partial charge >= 0.3 is 0 Å². The summed E-state index contributed by atoms with van der Waals surface area (Å²) in [6.07, 6.45) is 8.86. The highest BCUT2D eigenvalue weighted by molar-refractivity contribution is 7.33. The Balaban J connectivity index is 1.35. The quantitative estimate of drug-likeness (QED) is 0.161. The monoisotopic (exact) mass is 822 g/mol. The maximum absolute atomic E-state index is 2.70. The van der Waals surface area contributed by atoms with Crippen LogP contribution in [0.15, 0.2) is 91.0 Å². The molecule has 0 N–H and O–H groups in total. The number of benzene rings is 5. The van der Waals surface area contributed by atoms with E-state index in [1.807, 2.05) is 0 Å². The van der Waals surface area contributed by atoms with Gasteiger partial charge in [0, 0.05) is 26.2 Å². The Bertz CT molecular complexity index is 2730. The first-order chi connectivity index (χ1) is 28.6. The van der Waals surface area contributed by atoms with Crippen molar-refractivity contribution in [3.63, 3.8) is 0 Å². The Labute approximate surface area is 372 Å². The summed E-state index contributed by atoms with van der Waals surface area (Å²) >= 11 is 2.10. The van der Waals surface area contributed by atoms with E-state index in [9.17, 15) is 0 Å². The van der Waals surface area contributed by atoms with Crippen molar-refractivity contribution in [1.29, 1.82) is 0 Å². The normalized spacial score (nSPS) is 22.7. The third-order valence-electron chi connectivity index (χ3n) is 16.8. The molecule has 1 fully saturated rings. The van der Waals surface area contributed by atoms with E-state index in [2.05, 4.69) is 197 Å². The maximum atomic E-state index is 2.70. The molecule has 61 heavy (non-hydrogen) atoms. The number of nitrogens with zero attached hydrogens (tertiary/aromatic N) is 1. The van der Waals surface area contributed by atoms with Crippen LogP contribution in [0.5, 0.6) is 0 Å². The van der Waals surface area contributed by atoms with Crippen molar-refractivity contribution in [2.24, 2.45) is 5.41 Å². The van der Waals surface area contributed by atoms with Gasteiger partial charge in [-0.05, 0) is 152 Å². The molecule has 2 atom stereocenters. The van der Waals surface area contributed by atoms with Crippen LogP contribution in [-0.2, 0) is 33.5 Å². The highest BCUT2D eigenvalue weighted by atomic mass is 32.1. The van der Waals surface area contributed by atoms with E-state index < -0.39 is 0 Å². The fourth-order valence-electron chi connectivity index (χ4n) is 12.4. The maximum Gasteiger partial charge on any atom is 0.260 e. The highest BCUT2D eigenvalue weighted by Crippen LogP contribution is 2.60. The zero-order valence-electron chi connectivity index (χ0n) is 39.5. The first-order valence-electron chi connectivity index (χ1n) is 23.5. The lowest BCUT2D eigenvalue weighted by molar-refractivity contribution is 0.109. The predicted molar refractivity (Wildman–Crippen MR) is 268 cm³/mol. The van der Waals surface area contributed by atoms with Crippen molar-refractivity contribution in [3.8, 4) is 11.1 Å². The van der Waals surface area contributed by atoms with Gasteiger partial charge in [-0.15, -0.1) is 11.3 Å². The SMILES string of the molecule is Cc1cc(-c2ccccc2)cc2c1B(c1cc(C(C)(C)C)cc3c1CC1(C)CCCCC31C)c1sc3cc4c(cc3c1N2c1ccc(C(C)(C)C)cc1)C(C)(C)CCC4(C)C. The van der Waals surface area contributed by atoms with Crippen molar-refractivity contribution < 1.29 is 0 Å². The Morgan fingerprint density at radius 2 is 1.26 bits per heavy atom. The number of thiophene rings is 1. The molecular weight excluding hydrogens is 754 g/mol. The van der Waals surface area contributed by atoms with Crippen LogP contribution in [0.25, 0.3) is 21.2 Å². The molecular formula is C58H68BNS. The second kappa shape index (κ2) is 13.5. The molecule has 1 aromatic heterocycles. The van der Waals surface area contributed by atoms with E-state index in [0.717, 1.165) is 0 Å². The Morgan fingerprint density at radius 1 is 0.623 bits per heavy atom. The van der Waals surface area contributed by atoms with E-state index in [-0.39, 0.29) is 39.2 Å². The van der Waals surface area contributed by atoms with Crippen LogP contribution in [0.1, 0.15) is 161 Å². The van der Waals surface area contributed by atoms with Gasteiger partial charge in [-0.3, -0.25) is 0 Å². The van der Waals surface area contributed by atoms with Gasteiger partial charge in [0.2, 0.25) is 0 Å². The van der Waals surface area contributed by atoms with Crippen LogP contribution in [0.4, 0.5) is 17.1 Å². The highest BCUT2D eigenvalue weighted by Gasteiger charge is 2.55. The van der Waals surface area contributed by atoms with E-state index in [1.54, 1.807) is 22.2 Å². The summed E-state index contributed by atoms with van der Waals surface area (Å²) in [5.41, 5.74) is 21.0. The molecule has 10 rings (SSSR count). The van der Waals surface area contributed by atoms with Gasteiger partial charge in [-0.1, -0.05) is 168 Å². The van der Waals surface area contributed by atoms with Gasteiger partial charge in [0.25, 0.3) is 6.71 Å². The van der Waals surface area contributed by atoms with Gasteiger partial charge in [0.05, 0.1) is 5.69 Å². The molecule has 1 nitrogen and oxygen atoms in total. The Hall–Kier alpha value is -4.08. The van der Waals surface area contributed by atoms with E-state index in [4.69, 9.17) is 0 Å². The Kier molecular flexibility index (Phi) is 9.04.